The van der Waals surface area contributed by atoms with Gasteiger partial charge in [0.1, 0.15) is 17.5 Å². The van der Waals surface area contributed by atoms with Crippen molar-refractivity contribution in [2.45, 2.75) is 19.3 Å². The van der Waals surface area contributed by atoms with Gasteiger partial charge in [-0.15, -0.1) is 0 Å². The van der Waals surface area contributed by atoms with Crippen LogP contribution in [0.3, 0.4) is 0 Å². The second-order valence-electron chi connectivity index (χ2n) is 7.59. The van der Waals surface area contributed by atoms with Crippen LogP contribution in [0.25, 0.3) is 0 Å². The molecular weight excluding hydrogens is 362 g/mol. The molecule has 7 nitrogen and oxygen atoms in total. The van der Waals surface area contributed by atoms with Crippen molar-refractivity contribution in [2.75, 3.05) is 60.3 Å². The van der Waals surface area contributed by atoms with Crippen molar-refractivity contribution in [3.8, 4) is 0 Å². The third-order valence-corrected chi connectivity index (χ3v) is 5.20. The number of aromatic nitrogens is 3. The molecule has 4 rings (SSSR count). The third kappa shape index (κ3) is 4.85. The normalized spacial score (nSPS) is 17.0. The molecular formula is C22H29N7. The topological polar surface area (TPSA) is 60.4 Å². The third-order valence-electron chi connectivity index (χ3n) is 5.20. The Kier molecular flexibility index (Phi) is 5.93. The first kappa shape index (κ1) is 19.2. The van der Waals surface area contributed by atoms with Crippen molar-refractivity contribution in [2.24, 2.45) is 0 Å². The van der Waals surface area contributed by atoms with Crippen LogP contribution in [0.4, 0.5) is 23.4 Å². The van der Waals surface area contributed by atoms with Crippen LogP contribution < -0.4 is 20.0 Å². The minimum absolute atomic E-state index is 0.776. The van der Waals surface area contributed by atoms with Crippen LogP contribution in [0.1, 0.15) is 19.3 Å². The van der Waals surface area contributed by atoms with Gasteiger partial charge in [0.05, 0.1) is 0 Å². The minimum atomic E-state index is 0.776. The molecule has 3 heterocycles. The average Bonchev–Trinajstić information content (AvgIpc) is 3.03. The van der Waals surface area contributed by atoms with Gasteiger partial charge >= 0.3 is 0 Å². The summed E-state index contributed by atoms with van der Waals surface area (Å²) in [5.41, 5.74) is 1.11. The van der Waals surface area contributed by atoms with Crippen LogP contribution >= 0.6 is 0 Å². The molecule has 1 saturated heterocycles. The molecule has 0 bridgehead atoms. The highest BCUT2D eigenvalue weighted by molar-refractivity contribution is 5.57. The van der Waals surface area contributed by atoms with Crippen molar-refractivity contribution in [3.63, 3.8) is 0 Å². The number of piperazine rings is 1. The van der Waals surface area contributed by atoms with Gasteiger partial charge in [0.2, 0.25) is 5.95 Å². The number of rotatable bonds is 5. The number of anilines is 4. The van der Waals surface area contributed by atoms with Gasteiger partial charge in [0, 0.05) is 58.2 Å². The molecule has 0 atom stereocenters. The predicted molar refractivity (Wildman–Crippen MR) is 120 cm³/mol. The van der Waals surface area contributed by atoms with Gasteiger partial charge in [0.25, 0.3) is 0 Å². The first-order chi connectivity index (χ1) is 14.2. The lowest BCUT2D eigenvalue weighted by molar-refractivity contribution is 0.635. The fourth-order valence-corrected chi connectivity index (χ4v) is 3.55. The Hall–Kier alpha value is -3.09. The maximum atomic E-state index is 4.83. The summed E-state index contributed by atoms with van der Waals surface area (Å²) < 4.78 is 0. The molecule has 1 fully saturated rings. The van der Waals surface area contributed by atoms with Crippen LogP contribution in [-0.4, -0.2) is 55.2 Å². The number of hydrogen-bond donors (Lipinski definition) is 1. The van der Waals surface area contributed by atoms with E-state index in [2.05, 4.69) is 44.4 Å². The van der Waals surface area contributed by atoms with E-state index in [0.29, 0.717) is 0 Å². The fourth-order valence-electron chi connectivity index (χ4n) is 3.55. The summed E-state index contributed by atoms with van der Waals surface area (Å²) in [6.45, 7) is 3.55. The smallest absolute Gasteiger partial charge is 0.229 e. The zero-order valence-electron chi connectivity index (χ0n) is 17.3. The highest BCUT2D eigenvalue weighted by atomic mass is 15.3. The standard InChI is InChI=1S/C22H29N7/c1-27(2)21-17-19(24-18-9-5-3-4-6-10-18)25-22(26-21)29-15-13-28(14-16-29)20-11-7-8-12-23-20/h5,7-12,17H,3-4,6,13-16H2,1-2H3,(H,24,25,26). The second kappa shape index (κ2) is 8.94. The molecule has 0 aromatic carbocycles. The summed E-state index contributed by atoms with van der Waals surface area (Å²) >= 11 is 0. The highest BCUT2D eigenvalue weighted by Gasteiger charge is 2.21. The van der Waals surface area contributed by atoms with Gasteiger partial charge in [-0.05, 0) is 37.5 Å². The van der Waals surface area contributed by atoms with Gasteiger partial charge in [-0.1, -0.05) is 18.2 Å². The second-order valence-corrected chi connectivity index (χ2v) is 7.59. The lowest BCUT2D eigenvalue weighted by atomic mass is 10.2. The monoisotopic (exact) mass is 391 g/mol. The Morgan fingerprint density at radius 2 is 1.83 bits per heavy atom. The largest absolute Gasteiger partial charge is 0.363 e. The molecule has 2 aromatic rings. The van der Waals surface area contributed by atoms with E-state index in [9.17, 15) is 0 Å². The molecule has 1 aliphatic heterocycles. The molecule has 1 aliphatic carbocycles. The number of nitrogens with one attached hydrogen (secondary N) is 1. The minimum Gasteiger partial charge on any atom is -0.363 e. The number of hydrogen-bond acceptors (Lipinski definition) is 7. The van der Waals surface area contributed by atoms with Crippen molar-refractivity contribution >= 4 is 23.4 Å². The van der Waals surface area contributed by atoms with Crippen molar-refractivity contribution < 1.29 is 0 Å². The number of nitrogens with zero attached hydrogens (tertiary/aromatic N) is 6. The van der Waals surface area contributed by atoms with E-state index in [4.69, 9.17) is 9.97 Å². The van der Waals surface area contributed by atoms with E-state index in [1.807, 2.05) is 43.4 Å². The quantitative estimate of drug-likeness (QED) is 0.839. The summed E-state index contributed by atoms with van der Waals surface area (Å²) in [5.74, 6) is 3.55. The molecule has 0 radical (unpaired) electrons. The highest BCUT2D eigenvalue weighted by Crippen LogP contribution is 2.23. The van der Waals surface area contributed by atoms with Gasteiger partial charge in [0.15, 0.2) is 0 Å². The van der Waals surface area contributed by atoms with E-state index >= 15 is 0 Å². The van der Waals surface area contributed by atoms with E-state index in [1.54, 1.807) is 0 Å². The first-order valence-electron chi connectivity index (χ1n) is 10.3. The summed E-state index contributed by atoms with van der Waals surface area (Å²) in [5, 5.41) is 3.48. The van der Waals surface area contributed by atoms with Crippen LogP contribution in [0.2, 0.25) is 0 Å². The molecule has 2 aliphatic rings. The molecule has 0 saturated carbocycles. The zero-order chi connectivity index (χ0) is 20.1. The van der Waals surface area contributed by atoms with Crippen LogP contribution in [0, 0.1) is 0 Å². The summed E-state index contributed by atoms with van der Waals surface area (Å²) in [4.78, 5) is 20.7. The van der Waals surface area contributed by atoms with Gasteiger partial charge < -0.3 is 20.0 Å². The average molecular weight is 392 g/mol. The summed E-state index contributed by atoms with van der Waals surface area (Å²) in [7, 11) is 4.03. The number of allylic oxidation sites excluding steroid dienone is 3. The van der Waals surface area contributed by atoms with Crippen molar-refractivity contribution in [1.29, 1.82) is 0 Å². The Morgan fingerprint density at radius 1 is 1.00 bits per heavy atom. The van der Waals surface area contributed by atoms with Crippen LogP contribution in [0.15, 0.2) is 54.4 Å². The summed E-state index contributed by atoms with van der Waals surface area (Å²) in [6, 6.07) is 8.06. The molecule has 152 valence electrons. The lowest BCUT2D eigenvalue weighted by Gasteiger charge is -2.35. The number of pyridine rings is 1. The maximum Gasteiger partial charge on any atom is 0.229 e. The van der Waals surface area contributed by atoms with Crippen LogP contribution in [0.5, 0.6) is 0 Å². The molecule has 1 N–H and O–H groups in total. The van der Waals surface area contributed by atoms with Crippen molar-refractivity contribution in [1.82, 2.24) is 15.0 Å². The van der Waals surface area contributed by atoms with E-state index in [1.165, 1.54) is 6.42 Å². The molecule has 0 amide bonds. The predicted octanol–water partition coefficient (Wildman–Crippen LogP) is 3.30. The van der Waals surface area contributed by atoms with Crippen molar-refractivity contribution in [3.05, 3.63) is 54.4 Å². The summed E-state index contributed by atoms with van der Waals surface area (Å²) in [6.07, 6.45) is 11.9. The Morgan fingerprint density at radius 3 is 2.59 bits per heavy atom. The van der Waals surface area contributed by atoms with E-state index in [0.717, 1.165) is 68.1 Å². The van der Waals surface area contributed by atoms with Gasteiger partial charge in [-0.2, -0.15) is 9.97 Å². The van der Waals surface area contributed by atoms with Crippen LogP contribution in [-0.2, 0) is 0 Å². The zero-order valence-corrected chi connectivity index (χ0v) is 17.3. The Labute approximate surface area is 172 Å². The maximum absolute atomic E-state index is 4.83. The molecule has 0 spiro atoms. The van der Waals surface area contributed by atoms with Gasteiger partial charge in [-0.25, -0.2) is 4.98 Å². The molecule has 0 unspecified atom stereocenters. The molecule has 7 heteroatoms. The Bertz CT molecular complexity index is 868. The molecule has 29 heavy (non-hydrogen) atoms. The van der Waals surface area contributed by atoms with E-state index in [-0.39, 0.29) is 0 Å². The lowest BCUT2D eigenvalue weighted by Crippen LogP contribution is -2.47. The van der Waals surface area contributed by atoms with E-state index < -0.39 is 0 Å². The fraction of sp³-hybridized carbons (Fsp3) is 0.409. The molecule has 2 aromatic heterocycles. The van der Waals surface area contributed by atoms with Gasteiger partial charge in [-0.3, -0.25) is 0 Å². The SMILES string of the molecule is CN(C)c1cc(NC2=CCCCC=C2)nc(N2CCN(c3ccccn3)CC2)n1. The first-order valence-corrected chi connectivity index (χ1v) is 10.3. The Balaban J connectivity index is 1.51.